The smallest absolute Gasteiger partial charge is 0.279 e. The standard InChI is InChI=1S/C23H29N3O4/c1-4-6-7-21(27)24-19-12-10-18(11-13-19)23(29)26-25-22(28)16(3)30-20-14-8-17(5-2)9-15-20/h8-16H,4-7H2,1-3H3,(H,24,27)(H,25,28)(H,26,29)/t16-/m0/s1. The molecule has 0 radical (unpaired) electrons. The van der Waals surface area contributed by atoms with Crippen LogP contribution < -0.4 is 20.9 Å². The van der Waals surface area contributed by atoms with Gasteiger partial charge in [0.25, 0.3) is 11.8 Å². The van der Waals surface area contributed by atoms with Gasteiger partial charge in [-0.05, 0) is 61.7 Å². The van der Waals surface area contributed by atoms with E-state index in [1.807, 2.05) is 31.2 Å². The molecule has 7 heteroatoms. The second-order valence-electron chi connectivity index (χ2n) is 6.93. The number of ether oxygens (including phenoxy) is 1. The molecule has 0 saturated heterocycles. The highest BCUT2D eigenvalue weighted by Gasteiger charge is 2.16. The predicted octanol–water partition coefficient (Wildman–Crippen LogP) is 3.61. The number of anilines is 1. The number of aryl methyl sites for hydroxylation is 1. The van der Waals surface area contributed by atoms with Crippen LogP contribution in [-0.4, -0.2) is 23.8 Å². The van der Waals surface area contributed by atoms with Crippen molar-refractivity contribution in [2.45, 2.75) is 52.6 Å². The number of unbranched alkanes of at least 4 members (excludes halogenated alkanes) is 1. The Bertz CT molecular complexity index is 848. The number of hydrogen-bond donors (Lipinski definition) is 3. The van der Waals surface area contributed by atoms with Gasteiger partial charge in [0.15, 0.2) is 6.10 Å². The summed E-state index contributed by atoms with van der Waals surface area (Å²) < 4.78 is 5.59. The van der Waals surface area contributed by atoms with Gasteiger partial charge >= 0.3 is 0 Å². The average molecular weight is 412 g/mol. The molecule has 1 atom stereocenters. The predicted molar refractivity (Wildman–Crippen MR) is 116 cm³/mol. The highest BCUT2D eigenvalue weighted by Crippen LogP contribution is 2.14. The zero-order chi connectivity index (χ0) is 21.9. The van der Waals surface area contributed by atoms with Crippen LogP contribution in [-0.2, 0) is 16.0 Å². The van der Waals surface area contributed by atoms with E-state index in [1.165, 1.54) is 5.56 Å². The van der Waals surface area contributed by atoms with Crippen LogP contribution in [0.25, 0.3) is 0 Å². The van der Waals surface area contributed by atoms with Crippen molar-refractivity contribution in [1.29, 1.82) is 0 Å². The molecule has 0 aliphatic carbocycles. The first-order valence-corrected chi connectivity index (χ1v) is 10.2. The summed E-state index contributed by atoms with van der Waals surface area (Å²) in [6, 6.07) is 13.9. The van der Waals surface area contributed by atoms with Crippen LogP contribution >= 0.6 is 0 Å². The minimum absolute atomic E-state index is 0.0559. The molecule has 2 aromatic carbocycles. The molecular weight excluding hydrogens is 382 g/mol. The number of carbonyl (C=O) groups excluding carboxylic acids is 3. The lowest BCUT2D eigenvalue weighted by molar-refractivity contribution is -0.128. The van der Waals surface area contributed by atoms with Crippen LogP contribution in [0.3, 0.4) is 0 Å². The summed E-state index contributed by atoms with van der Waals surface area (Å²) >= 11 is 0. The van der Waals surface area contributed by atoms with Gasteiger partial charge in [-0.15, -0.1) is 0 Å². The number of hydrazine groups is 1. The minimum Gasteiger partial charge on any atom is -0.481 e. The highest BCUT2D eigenvalue weighted by atomic mass is 16.5. The molecule has 3 amide bonds. The van der Waals surface area contributed by atoms with Gasteiger partial charge in [-0.3, -0.25) is 25.2 Å². The molecule has 7 nitrogen and oxygen atoms in total. The Balaban J connectivity index is 1.80. The number of nitrogens with one attached hydrogen (secondary N) is 3. The van der Waals surface area contributed by atoms with E-state index >= 15 is 0 Å². The Morgan fingerprint density at radius 1 is 0.933 bits per heavy atom. The maximum Gasteiger partial charge on any atom is 0.279 e. The number of amides is 3. The summed E-state index contributed by atoms with van der Waals surface area (Å²) in [7, 11) is 0. The summed E-state index contributed by atoms with van der Waals surface area (Å²) in [5.74, 6) is -0.410. The Hall–Kier alpha value is -3.35. The third kappa shape index (κ3) is 7.24. The Labute approximate surface area is 177 Å². The molecule has 0 spiro atoms. The monoisotopic (exact) mass is 411 g/mol. The first-order chi connectivity index (χ1) is 14.4. The van der Waals surface area contributed by atoms with Crippen molar-refractivity contribution in [2.75, 3.05) is 5.32 Å². The Morgan fingerprint density at radius 2 is 1.60 bits per heavy atom. The second kappa shape index (κ2) is 11.6. The lowest BCUT2D eigenvalue weighted by Gasteiger charge is -2.15. The van der Waals surface area contributed by atoms with E-state index in [2.05, 4.69) is 23.1 Å². The number of carbonyl (C=O) groups is 3. The molecule has 0 unspecified atom stereocenters. The van der Waals surface area contributed by atoms with E-state index in [1.54, 1.807) is 31.2 Å². The van der Waals surface area contributed by atoms with E-state index in [0.29, 0.717) is 23.4 Å². The molecule has 0 saturated carbocycles. The molecule has 0 aromatic heterocycles. The maximum absolute atomic E-state index is 12.2. The van der Waals surface area contributed by atoms with Crippen molar-refractivity contribution in [3.05, 3.63) is 59.7 Å². The van der Waals surface area contributed by atoms with E-state index < -0.39 is 17.9 Å². The zero-order valence-corrected chi connectivity index (χ0v) is 17.7. The average Bonchev–Trinajstić information content (AvgIpc) is 2.76. The molecule has 0 bridgehead atoms. The van der Waals surface area contributed by atoms with Gasteiger partial charge in [0, 0.05) is 17.7 Å². The van der Waals surface area contributed by atoms with Gasteiger partial charge in [-0.1, -0.05) is 32.4 Å². The summed E-state index contributed by atoms with van der Waals surface area (Å²) in [6.45, 7) is 5.69. The van der Waals surface area contributed by atoms with Crippen molar-refractivity contribution in [2.24, 2.45) is 0 Å². The lowest BCUT2D eigenvalue weighted by Crippen LogP contribution is -2.47. The van der Waals surface area contributed by atoms with E-state index in [0.717, 1.165) is 19.3 Å². The molecule has 160 valence electrons. The fraction of sp³-hybridized carbons (Fsp3) is 0.348. The third-order valence-electron chi connectivity index (χ3n) is 4.50. The highest BCUT2D eigenvalue weighted by molar-refractivity contribution is 5.97. The summed E-state index contributed by atoms with van der Waals surface area (Å²) in [5.41, 5.74) is 6.88. The fourth-order valence-corrected chi connectivity index (χ4v) is 2.62. The topological polar surface area (TPSA) is 96.5 Å². The quantitative estimate of drug-likeness (QED) is 0.549. The molecule has 0 aliphatic heterocycles. The largest absolute Gasteiger partial charge is 0.481 e. The van der Waals surface area contributed by atoms with Crippen LogP contribution in [0.1, 0.15) is 56.0 Å². The first kappa shape index (κ1) is 22.9. The van der Waals surface area contributed by atoms with Gasteiger partial charge in [-0.2, -0.15) is 0 Å². The number of hydrogen-bond acceptors (Lipinski definition) is 4. The molecule has 2 rings (SSSR count). The molecule has 0 aliphatic rings. The Morgan fingerprint density at radius 3 is 2.20 bits per heavy atom. The van der Waals surface area contributed by atoms with E-state index in [9.17, 15) is 14.4 Å². The minimum atomic E-state index is -0.779. The molecule has 30 heavy (non-hydrogen) atoms. The molecule has 0 heterocycles. The zero-order valence-electron chi connectivity index (χ0n) is 17.7. The van der Waals surface area contributed by atoms with Crippen molar-refractivity contribution < 1.29 is 19.1 Å². The normalized spacial score (nSPS) is 11.3. The second-order valence-corrected chi connectivity index (χ2v) is 6.93. The van der Waals surface area contributed by atoms with Crippen LogP contribution in [0.15, 0.2) is 48.5 Å². The fourth-order valence-electron chi connectivity index (χ4n) is 2.62. The van der Waals surface area contributed by atoms with E-state index in [4.69, 9.17) is 4.74 Å². The first-order valence-electron chi connectivity index (χ1n) is 10.2. The molecular formula is C23H29N3O4. The third-order valence-corrected chi connectivity index (χ3v) is 4.50. The summed E-state index contributed by atoms with van der Waals surface area (Å²) in [5, 5.41) is 2.78. The molecule has 0 fully saturated rings. The van der Waals surface area contributed by atoms with Crippen LogP contribution in [0, 0.1) is 0 Å². The summed E-state index contributed by atoms with van der Waals surface area (Å²) in [6.07, 6.45) is 2.40. The van der Waals surface area contributed by atoms with Crippen molar-refractivity contribution in [1.82, 2.24) is 10.9 Å². The number of benzene rings is 2. The Kier molecular flexibility index (Phi) is 8.87. The molecule has 3 N–H and O–H groups in total. The van der Waals surface area contributed by atoms with Gasteiger partial charge in [0.2, 0.25) is 5.91 Å². The van der Waals surface area contributed by atoms with Crippen LogP contribution in [0.5, 0.6) is 5.75 Å². The van der Waals surface area contributed by atoms with Gasteiger partial charge < -0.3 is 10.1 Å². The number of rotatable bonds is 9. The van der Waals surface area contributed by atoms with Crippen molar-refractivity contribution in [3.63, 3.8) is 0 Å². The van der Waals surface area contributed by atoms with Crippen LogP contribution in [0.4, 0.5) is 5.69 Å². The summed E-state index contributed by atoms with van der Waals surface area (Å²) in [4.78, 5) is 36.1. The van der Waals surface area contributed by atoms with E-state index in [-0.39, 0.29) is 5.91 Å². The van der Waals surface area contributed by atoms with Gasteiger partial charge in [0.1, 0.15) is 5.75 Å². The lowest BCUT2D eigenvalue weighted by atomic mass is 10.2. The van der Waals surface area contributed by atoms with Crippen LogP contribution in [0.2, 0.25) is 0 Å². The van der Waals surface area contributed by atoms with Crippen molar-refractivity contribution in [3.8, 4) is 5.75 Å². The maximum atomic E-state index is 12.2. The SMILES string of the molecule is CCCCC(=O)Nc1ccc(C(=O)NNC(=O)[C@H](C)Oc2ccc(CC)cc2)cc1. The molecule has 2 aromatic rings. The van der Waals surface area contributed by atoms with Crippen molar-refractivity contribution >= 4 is 23.4 Å². The van der Waals surface area contributed by atoms with Gasteiger partial charge in [0.05, 0.1) is 0 Å². The van der Waals surface area contributed by atoms with Gasteiger partial charge in [-0.25, -0.2) is 0 Å².